The van der Waals surface area contributed by atoms with E-state index < -0.39 is 5.97 Å². The van der Waals surface area contributed by atoms with Gasteiger partial charge >= 0.3 is 5.97 Å². The molecule has 0 spiro atoms. The molecule has 0 saturated carbocycles. The molecule has 0 fully saturated rings. The number of hydrazone groups is 1. The van der Waals surface area contributed by atoms with E-state index in [1.165, 1.54) is 11.3 Å². The van der Waals surface area contributed by atoms with E-state index in [1.54, 1.807) is 18.5 Å². The molecular weight excluding hydrogens is 342 g/mol. The van der Waals surface area contributed by atoms with Gasteiger partial charge < -0.3 is 4.74 Å². The molecule has 20 heavy (non-hydrogen) atoms. The van der Waals surface area contributed by atoms with Crippen LogP contribution >= 0.6 is 27.3 Å². The molecule has 0 aliphatic heterocycles. The maximum absolute atomic E-state index is 11.4. The third kappa shape index (κ3) is 4.14. The average molecular weight is 354 g/mol. The van der Waals surface area contributed by atoms with Crippen LogP contribution in [0.2, 0.25) is 0 Å². The van der Waals surface area contributed by atoms with Gasteiger partial charge in [-0.3, -0.25) is 5.43 Å². The van der Waals surface area contributed by atoms with E-state index in [2.05, 4.69) is 31.4 Å². The zero-order chi connectivity index (χ0) is 14.4. The van der Waals surface area contributed by atoms with Crippen LogP contribution in [0, 0.1) is 0 Å². The predicted octanol–water partition coefficient (Wildman–Crippen LogP) is 3.53. The lowest BCUT2D eigenvalue weighted by Crippen LogP contribution is -2.04. The van der Waals surface area contributed by atoms with Gasteiger partial charge in [0.2, 0.25) is 5.13 Å². The number of nitrogens with one attached hydrogen (secondary N) is 1. The van der Waals surface area contributed by atoms with Gasteiger partial charge in [-0.2, -0.15) is 5.10 Å². The van der Waals surface area contributed by atoms with Gasteiger partial charge in [-0.1, -0.05) is 28.1 Å². The molecule has 1 aromatic carbocycles. The van der Waals surface area contributed by atoms with Crippen molar-refractivity contribution in [2.45, 2.75) is 6.92 Å². The zero-order valence-corrected chi connectivity index (χ0v) is 13.1. The van der Waals surface area contributed by atoms with Gasteiger partial charge in [0.1, 0.15) is 0 Å². The fourth-order valence-electron chi connectivity index (χ4n) is 1.33. The lowest BCUT2D eigenvalue weighted by atomic mass is 10.2. The summed E-state index contributed by atoms with van der Waals surface area (Å²) in [7, 11) is 0. The van der Waals surface area contributed by atoms with Crippen LogP contribution in [-0.4, -0.2) is 23.8 Å². The number of hydrogen-bond donors (Lipinski definition) is 1. The van der Waals surface area contributed by atoms with E-state index in [0.29, 0.717) is 11.7 Å². The zero-order valence-electron chi connectivity index (χ0n) is 10.7. The van der Waals surface area contributed by atoms with Gasteiger partial charge in [-0.25, -0.2) is 9.78 Å². The van der Waals surface area contributed by atoms with Gasteiger partial charge in [0.25, 0.3) is 0 Å². The topological polar surface area (TPSA) is 63.6 Å². The minimum absolute atomic E-state index is 0.290. The highest BCUT2D eigenvalue weighted by Gasteiger charge is 2.10. The number of thiazole rings is 1. The minimum Gasteiger partial charge on any atom is -0.461 e. The molecule has 0 bridgehead atoms. The van der Waals surface area contributed by atoms with Crippen molar-refractivity contribution in [3.63, 3.8) is 0 Å². The molecule has 1 aromatic heterocycles. The Hall–Kier alpha value is -1.73. The first-order valence-corrected chi connectivity index (χ1v) is 7.53. The van der Waals surface area contributed by atoms with Gasteiger partial charge in [-0.05, 0) is 24.6 Å². The normalized spacial score (nSPS) is 10.7. The number of ether oxygens (including phenoxy) is 1. The molecular formula is C13H12BrN3O2S. The van der Waals surface area contributed by atoms with Crippen molar-refractivity contribution in [1.29, 1.82) is 0 Å². The van der Waals surface area contributed by atoms with Crippen LogP contribution in [-0.2, 0) is 4.74 Å². The van der Waals surface area contributed by atoms with E-state index in [9.17, 15) is 4.79 Å². The Morgan fingerprint density at radius 3 is 2.95 bits per heavy atom. The molecule has 0 radical (unpaired) electrons. The molecule has 7 heteroatoms. The van der Waals surface area contributed by atoms with Crippen LogP contribution in [0.15, 0.2) is 39.2 Å². The molecule has 1 N–H and O–H groups in total. The first-order valence-electron chi connectivity index (χ1n) is 5.86. The molecule has 2 rings (SSSR count). The van der Waals surface area contributed by atoms with Gasteiger partial charge in [-0.15, -0.1) is 11.3 Å². The molecule has 0 unspecified atom stereocenters. The van der Waals surface area contributed by atoms with Crippen LogP contribution in [0.1, 0.15) is 23.0 Å². The average Bonchev–Trinajstić information content (AvgIpc) is 2.90. The Bertz CT molecular complexity index is 610. The minimum atomic E-state index is -0.423. The number of rotatable bonds is 5. The second kappa shape index (κ2) is 7.16. The van der Waals surface area contributed by atoms with Crippen LogP contribution < -0.4 is 5.43 Å². The number of nitrogens with zero attached hydrogens (tertiary/aromatic N) is 2. The third-order valence-electron chi connectivity index (χ3n) is 2.23. The highest BCUT2D eigenvalue weighted by Crippen LogP contribution is 2.16. The first kappa shape index (κ1) is 14.7. The van der Waals surface area contributed by atoms with Crippen LogP contribution in [0.25, 0.3) is 0 Å². The highest BCUT2D eigenvalue weighted by atomic mass is 79.9. The summed E-state index contributed by atoms with van der Waals surface area (Å²) in [5.74, 6) is -0.423. The molecule has 0 saturated heterocycles. The quantitative estimate of drug-likeness (QED) is 0.507. The standard InChI is InChI=1S/C13H12BrN3O2S/c1-2-19-12(18)11-8-20-13(16-11)17-15-7-9-3-5-10(14)6-4-9/h3-8H,2H2,1H3,(H,16,17)/b15-7+. The predicted molar refractivity (Wildman–Crippen MR) is 83.4 cm³/mol. The highest BCUT2D eigenvalue weighted by molar-refractivity contribution is 9.10. The Balaban J connectivity index is 1.94. The molecule has 0 amide bonds. The van der Waals surface area contributed by atoms with Crippen molar-refractivity contribution >= 4 is 44.6 Å². The second-order valence-electron chi connectivity index (χ2n) is 3.68. The third-order valence-corrected chi connectivity index (χ3v) is 3.51. The van der Waals surface area contributed by atoms with Crippen molar-refractivity contribution < 1.29 is 9.53 Å². The SMILES string of the molecule is CCOC(=O)c1csc(N/N=C/c2ccc(Br)cc2)n1. The second-order valence-corrected chi connectivity index (χ2v) is 5.45. The summed E-state index contributed by atoms with van der Waals surface area (Å²) in [6, 6.07) is 7.73. The molecule has 5 nitrogen and oxygen atoms in total. The van der Waals surface area contributed by atoms with Crippen molar-refractivity contribution in [2.24, 2.45) is 5.10 Å². The van der Waals surface area contributed by atoms with E-state index >= 15 is 0 Å². The van der Waals surface area contributed by atoms with Crippen LogP contribution in [0.3, 0.4) is 0 Å². The van der Waals surface area contributed by atoms with E-state index in [0.717, 1.165) is 10.0 Å². The molecule has 0 aliphatic rings. The lowest BCUT2D eigenvalue weighted by Gasteiger charge is -1.96. The number of carbonyl (C=O) groups is 1. The summed E-state index contributed by atoms with van der Waals surface area (Å²) >= 11 is 4.66. The number of carbonyl (C=O) groups excluding carboxylic acids is 1. The Kier molecular flexibility index (Phi) is 5.25. The first-order chi connectivity index (χ1) is 9.69. The van der Waals surface area contributed by atoms with Crippen molar-refractivity contribution in [2.75, 3.05) is 12.0 Å². The number of halogens is 1. The largest absolute Gasteiger partial charge is 0.461 e. The van der Waals surface area contributed by atoms with Gasteiger partial charge in [0, 0.05) is 9.85 Å². The molecule has 1 heterocycles. The fraction of sp³-hybridized carbons (Fsp3) is 0.154. The Labute approximate surface area is 128 Å². The number of anilines is 1. The van der Waals surface area contributed by atoms with Crippen molar-refractivity contribution in [3.8, 4) is 0 Å². The fourth-order valence-corrected chi connectivity index (χ4v) is 2.23. The van der Waals surface area contributed by atoms with Gasteiger partial charge in [0.15, 0.2) is 5.69 Å². The maximum Gasteiger partial charge on any atom is 0.357 e. The van der Waals surface area contributed by atoms with E-state index in [-0.39, 0.29) is 5.69 Å². The van der Waals surface area contributed by atoms with Crippen molar-refractivity contribution in [3.05, 3.63) is 45.4 Å². The number of benzene rings is 1. The van der Waals surface area contributed by atoms with E-state index in [1.807, 2.05) is 24.3 Å². The van der Waals surface area contributed by atoms with Crippen molar-refractivity contribution in [1.82, 2.24) is 4.98 Å². The summed E-state index contributed by atoms with van der Waals surface area (Å²) in [4.78, 5) is 15.5. The number of aromatic nitrogens is 1. The Morgan fingerprint density at radius 2 is 2.25 bits per heavy atom. The number of esters is 1. The molecule has 104 valence electrons. The summed E-state index contributed by atoms with van der Waals surface area (Å²) in [5.41, 5.74) is 4.03. The molecule has 0 aliphatic carbocycles. The summed E-state index contributed by atoms with van der Waals surface area (Å²) < 4.78 is 5.88. The number of hydrogen-bond acceptors (Lipinski definition) is 6. The lowest BCUT2D eigenvalue weighted by molar-refractivity contribution is 0.0520. The smallest absolute Gasteiger partial charge is 0.357 e. The summed E-state index contributed by atoms with van der Waals surface area (Å²) in [5, 5.41) is 6.24. The monoisotopic (exact) mass is 353 g/mol. The molecule has 2 aromatic rings. The summed E-state index contributed by atoms with van der Waals surface area (Å²) in [6.45, 7) is 2.09. The van der Waals surface area contributed by atoms with Crippen LogP contribution in [0.5, 0.6) is 0 Å². The summed E-state index contributed by atoms with van der Waals surface area (Å²) in [6.07, 6.45) is 1.68. The van der Waals surface area contributed by atoms with Gasteiger partial charge in [0.05, 0.1) is 12.8 Å². The Morgan fingerprint density at radius 1 is 1.50 bits per heavy atom. The van der Waals surface area contributed by atoms with E-state index in [4.69, 9.17) is 4.74 Å². The maximum atomic E-state index is 11.4. The molecule has 0 atom stereocenters. The van der Waals surface area contributed by atoms with Crippen LogP contribution in [0.4, 0.5) is 5.13 Å².